The highest BCUT2D eigenvalue weighted by Crippen LogP contribution is 2.32. The summed E-state index contributed by atoms with van der Waals surface area (Å²) in [6.45, 7) is -0.0119. The number of carboxylic acid groups (broad SMARTS) is 1. The third-order valence-corrected chi connectivity index (χ3v) is 7.15. The average molecular weight is 725 g/mol. The predicted octanol–water partition coefficient (Wildman–Crippen LogP) is 6.60. The number of aromatic hydroxyl groups is 1. The van der Waals surface area contributed by atoms with E-state index >= 15 is 0 Å². The number of hydrogen-bond donors (Lipinski definition) is 6. The Balaban J connectivity index is 0.000000617. The van der Waals surface area contributed by atoms with Gasteiger partial charge in [0.2, 0.25) is 0 Å². The Morgan fingerprint density at radius 2 is 1.72 bits per heavy atom. The molecule has 0 bridgehead atoms. The minimum Gasteiger partial charge on any atom is -0.507 e. The van der Waals surface area contributed by atoms with E-state index in [4.69, 9.17) is 21.5 Å². The molecule has 5 rings (SSSR count). The van der Waals surface area contributed by atoms with Crippen molar-refractivity contribution in [2.24, 2.45) is 0 Å². The largest absolute Gasteiger partial charge is 0.507 e. The van der Waals surface area contributed by atoms with E-state index in [1.54, 1.807) is 30.3 Å². The van der Waals surface area contributed by atoms with Gasteiger partial charge in [-0.3, -0.25) is 4.79 Å². The Labute approximate surface area is 270 Å². The summed E-state index contributed by atoms with van der Waals surface area (Å²) in [4.78, 5) is 43.8. The first-order chi connectivity index (χ1) is 21.7. The van der Waals surface area contributed by atoms with Crippen molar-refractivity contribution < 1.29 is 37.4 Å². The van der Waals surface area contributed by atoms with Gasteiger partial charge in [-0.2, -0.15) is 13.2 Å². The zero-order chi connectivity index (χ0) is 33.6. The number of hydrogen-bond acceptors (Lipinski definition) is 5. The van der Waals surface area contributed by atoms with Crippen molar-refractivity contribution in [3.63, 3.8) is 0 Å². The summed E-state index contributed by atoms with van der Waals surface area (Å²) in [6.07, 6.45) is -4.68. The fourth-order valence-electron chi connectivity index (χ4n) is 4.24. The molecule has 1 atom stereocenters. The molecule has 2 aromatic heterocycles. The molecule has 0 radical (unpaired) electrons. The van der Waals surface area contributed by atoms with E-state index in [1.807, 2.05) is 30.3 Å². The highest BCUT2D eigenvalue weighted by atomic mass is 79.9. The summed E-state index contributed by atoms with van der Waals surface area (Å²) in [7, 11) is 0. The maximum Gasteiger partial charge on any atom is 0.490 e. The van der Waals surface area contributed by atoms with Crippen molar-refractivity contribution in [3.8, 4) is 17.0 Å². The molecular weight excluding hydrogens is 702 g/mol. The standard InChI is InChI=1S/C28H22BrClFN5O3.C2HF3O2/c29-18-7-8-20(31)17(11-18)14-32-28(39)34-22(10-15-4-2-1-3-5-15)27-35-25(26(30)36-27)16-6-9-21-19(12-16)23(37)13-24(38)33-21;3-2(4,5)1(6)7/h1-9,11-13,22H,10,14H2,(H,35,36)(H2,32,34,39)(H2,33,37,38);(H,6,7)/t22-;/m0./s1. The molecule has 0 unspecified atom stereocenters. The maximum absolute atomic E-state index is 14.1. The van der Waals surface area contributed by atoms with E-state index < -0.39 is 35.6 Å². The quantitative estimate of drug-likeness (QED) is 0.104. The fraction of sp³-hybridized carbons (Fsp3) is 0.133. The van der Waals surface area contributed by atoms with Crippen LogP contribution in [0, 0.1) is 5.82 Å². The third kappa shape index (κ3) is 8.85. The van der Waals surface area contributed by atoms with Crippen LogP contribution in [0.4, 0.5) is 22.4 Å². The number of urea groups is 1. The fourth-order valence-corrected chi connectivity index (χ4v) is 4.89. The van der Waals surface area contributed by atoms with Crippen molar-refractivity contribution in [1.29, 1.82) is 0 Å². The highest BCUT2D eigenvalue weighted by molar-refractivity contribution is 9.10. The second-order valence-electron chi connectivity index (χ2n) is 9.67. The molecule has 6 N–H and O–H groups in total. The van der Waals surface area contributed by atoms with E-state index in [-0.39, 0.29) is 17.4 Å². The number of H-pyrrole nitrogens is 2. The molecule has 0 spiro atoms. The van der Waals surface area contributed by atoms with Gasteiger partial charge >= 0.3 is 18.2 Å². The van der Waals surface area contributed by atoms with Gasteiger partial charge in [-0.25, -0.2) is 19.0 Å². The number of carbonyl (C=O) groups is 2. The first-order valence-electron chi connectivity index (χ1n) is 13.2. The number of fused-ring (bicyclic) bond motifs is 1. The van der Waals surface area contributed by atoms with Crippen LogP contribution in [0.25, 0.3) is 22.2 Å². The zero-order valence-corrected chi connectivity index (χ0v) is 25.6. The normalized spacial score (nSPS) is 11.8. The van der Waals surface area contributed by atoms with Gasteiger partial charge in [0, 0.05) is 33.6 Å². The summed E-state index contributed by atoms with van der Waals surface area (Å²) in [5, 5.41) is 23.7. The van der Waals surface area contributed by atoms with E-state index in [1.165, 1.54) is 6.07 Å². The molecule has 0 aliphatic rings. The lowest BCUT2D eigenvalue weighted by Crippen LogP contribution is -2.39. The molecule has 0 saturated carbocycles. The Morgan fingerprint density at radius 3 is 2.39 bits per heavy atom. The van der Waals surface area contributed by atoms with Gasteiger partial charge in [-0.05, 0) is 42.3 Å². The van der Waals surface area contributed by atoms with Crippen LogP contribution >= 0.6 is 27.5 Å². The van der Waals surface area contributed by atoms with E-state index in [0.717, 1.165) is 11.6 Å². The van der Waals surface area contributed by atoms with Crippen LogP contribution in [0.3, 0.4) is 0 Å². The molecule has 2 amide bonds. The highest BCUT2D eigenvalue weighted by Gasteiger charge is 2.38. The molecule has 0 fully saturated rings. The van der Waals surface area contributed by atoms with Gasteiger partial charge in [0.1, 0.15) is 28.2 Å². The molecule has 240 valence electrons. The van der Waals surface area contributed by atoms with Crippen molar-refractivity contribution in [2.75, 3.05) is 0 Å². The first kappa shape index (κ1) is 34.0. The Hall–Kier alpha value is -4.89. The topological polar surface area (TPSA) is 160 Å². The monoisotopic (exact) mass is 723 g/mol. The van der Waals surface area contributed by atoms with Crippen LogP contribution in [-0.2, 0) is 17.8 Å². The molecule has 0 saturated heterocycles. The number of imidazole rings is 1. The van der Waals surface area contributed by atoms with E-state index in [9.17, 15) is 32.3 Å². The van der Waals surface area contributed by atoms with Crippen molar-refractivity contribution >= 4 is 50.4 Å². The molecule has 16 heteroatoms. The van der Waals surface area contributed by atoms with E-state index in [0.29, 0.717) is 44.4 Å². The Morgan fingerprint density at radius 1 is 1.02 bits per heavy atom. The number of amides is 2. The smallest absolute Gasteiger partial charge is 0.490 e. The number of halogens is 6. The summed E-state index contributed by atoms with van der Waals surface area (Å²) in [5.74, 6) is -2.93. The maximum atomic E-state index is 14.1. The van der Waals surface area contributed by atoms with Gasteiger partial charge in [-0.15, -0.1) is 0 Å². The van der Waals surface area contributed by atoms with E-state index in [2.05, 4.69) is 41.5 Å². The number of carbonyl (C=O) groups excluding carboxylic acids is 1. The summed E-state index contributed by atoms with van der Waals surface area (Å²) in [6, 6.07) is 19.1. The van der Waals surface area contributed by atoms with Crippen molar-refractivity contribution in [1.82, 2.24) is 25.6 Å². The van der Waals surface area contributed by atoms with Crippen LogP contribution in [0.5, 0.6) is 5.75 Å². The number of pyridine rings is 1. The number of aromatic amines is 2. The number of aromatic nitrogens is 3. The third-order valence-electron chi connectivity index (χ3n) is 6.38. The van der Waals surface area contributed by atoms with Crippen LogP contribution in [0.1, 0.15) is 23.0 Å². The lowest BCUT2D eigenvalue weighted by molar-refractivity contribution is -0.192. The SMILES string of the molecule is O=C(NCc1cc(Br)ccc1F)N[C@@H](Cc1ccccc1)c1nc(-c2ccc3[nH]c(=O)cc(O)c3c2)c(Cl)[nH]1.O=C(O)C(F)(F)F. The van der Waals surface area contributed by atoms with Crippen LogP contribution < -0.4 is 16.2 Å². The molecule has 2 heterocycles. The number of carboxylic acids is 1. The molecule has 5 aromatic rings. The minimum absolute atomic E-state index is 0.0119. The van der Waals surface area contributed by atoms with Crippen molar-refractivity contribution in [2.45, 2.75) is 25.2 Å². The van der Waals surface area contributed by atoms with Gasteiger partial charge in [0.15, 0.2) is 0 Å². The molecule has 0 aliphatic carbocycles. The Kier molecular flexibility index (Phi) is 10.7. The first-order valence-corrected chi connectivity index (χ1v) is 14.3. The number of nitrogens with zero attached hydrogens (tertiary/aromatic N) is 1. The van der Waals surface area contributed by atoms with Crippen LogP contribution in [-0.4, -0.2) is 43.3 Å². The lowest BCUT2D eigenvalue weighted by Gasteiger charge is -2.18. The molecular formula is C30H23BrClF4N5O5. The van der Waals surface area contributed by atoms with Gasteiger partial charge in [0.25, 0.3) is 5.56 Å². The number of benzene rings is 3. The number of rotatable bonds is 7. The Bertz CT molecular complexity index is 1940. The van der Waals surface area contributed by atoms with Gasteiger partial charge < -0.3 is 30.8 Å². The average Bonchev–Trinajstić information content (AvgIpc) is 3.39. The molecule has 3 aromatic carbocycles. The summed E-state index contributed by atoms with van der Waals surface area (Å²) in [5.41, 5.74) is 2.36. The number of aliphatic carboxylic acids is 1. The lowest BCUT2D eigenvalue weighted by atomic mass is 10.1. The van der Waals surface area contributed by atoms with Crippen LogP contribution in [0.15, 0.2) is 82.1 Å². The second kappa shape index (κ2) is 14.5. The zero-order valence-electron chi connectivity index (χ0n) is 23.3. The number of nitrogens with one attached hydrogen (secondary N) is 4. The molecule has 10 nitrogen and oxygen atoms in total. The van der Waals surface area contributed by atoms with Gasteiger partial charge in [-0.1, -0.05) is 63.9 Å². The molecule has 0 aliphatic heterocycles. The van der Waals surface area contributed by atoms with Gasteiger partial charge in [0.05, 0.1) is 11.6 Å². The molecule has 46 heavy (non-hydrogen) atoms. The minimum atomic E-state index is -5.08. The summed E-state index contributed by atoms with van der Waals surface area (Å²) < 4.78 is 46.6. The van der Waals surface area contributed by atoms with Crippen LogP contribution in [0.2, 0.25) is 5.15 Å². The predicted molar refractivity (Wildman–Crippen MR) is 165 cm³/mol. The number of alkyl halides is 3. The summed E-state index contributed by atoms with van der Waals surface area (Å²) >= 11 is 9.85. The second-order valence-corrected chi connectivity index (χ2v) is 11.0. The van der Waals surface area contributed by atoms with Crippen molar-refractivity contribution in [3.05, 3.63) is 116 Å².